The van der Waals surface area contributed by atoms with Crippen molar-refractivity contribution in [2.75, 3.05) is 0 Å². The third-order valence-corrected chi connectivity index (χ3v) is 4.03. The molecule has 20 heavy (non-hydrogen) atoms. The van der Waals surface area contributed by atoms with Gasteiger partial charge in [-0.25, -0.2) is 0 Å². The summed E-state index contributed by atoms with van der Waals surface area (Å²) in [5.41, 5.74) is 2.69. The van der Waals surface area contributed by atoms with E-state index in [0.29, 0.717) is 21.9 Å². The van der Waals surface area contributed by atoms with Gasteiger partial charge in [-0.1, -0.05) is 58.2 Å². The van der Waals surface area contributed by atoms with Crippen LogP contribution in [0.1, 0.15) is 0 Å². The smallest absolute Gasteiger partial charge is 0.0895 e. The fourth-order valence-electron chi connectivity index (χ4n) is 3.10. The quantitative estimate of drug-likeness (QED) is 0.294. The molecule has 0 spiro atoms. The summed E-state index contributed by atoms with van der Waals surface area (Å²) in [5, 5.41) is 6.01. The molecule has 8 radical (unpaired) electrons. The lowest BCUT2D eigenvalue weighted by atomic mass is 9.74. The highest BCUT2D eigenvalue weighted by molar-refractivity contribution is 6.53. The normalized spacial score (nSPS) is 11.8. The summed E-state index contributed by atoms with van der Waals surface area (Å²) < 4.78 is 0. The van der Waals surface area contributed by atoms with Crippen molar-refractivity contribution in [3.63, 3.8) is 0 Å². The minimum Gasteiger partial charge on any atom is -0.0895 e. The molecule has 0 saturated carbocycles. The molecular weight excluding hydrogens is 235 g/mol. The molecule has 4 aromatic rings. The van der Waals surface area contributed by atoms with Crippen LogP contribution in [0.5, 0.6) is 0 Å². The molecule has 0 atom stereocenters. The van der Waals surface area contributed by atoms with Gasteiger partial charge in [-0.05, 0) is 32.3 Å². The van der Waals surface area contributed by atoms with Crippen molar-refractivity contribution < 1.29 is 0 Å². The van der Waals surface area contributed by atoms with Crippen molar-refractivity contribution in [3.8, 4) is 0 Å². The van der Waals surface area contributed by atoms with Gasteiger partial charge in [0.2, 0.25) is 0 Å². The van der Waals surface area contributed by atoms with E-state index in [-0.39, 0.29) is 0 Å². The third-order valence-electron chi connectivity index (χ3n) is 4.03. The average Bonchev–Trinajstić information content (AvgIpc) is 2.42. The van der Waals surface area contributed by atoms with Gasteiger partial charge in [0.05, 0.1) is 0 Å². The number of rotatable bonds is 0. The molecule has 0 aliphatic carbocycles. The first-order valence-electron chi connectivity index (χ1n) is 6.38. The molecule has 0 bridgehead atoms. The fourth-order valence-corrected chi connectivity index (χ4v) is 3.10. The SMILES string of the molecule is [B]c1cc([B])c2ccc3c([B])cc([B])c4ccc1c2c43. The van der Waals surface area contributed by atoms with Gasteiger partial charge in [0.25, 0.3) is 0 Å². The zero-order valence-corrected chi connectivity index (χ0v) is 10.8. The Morgan fingerprint density at radius 1 is 0.450 bits per heavy atom. The molecule has 0 amide bonds. The predicted molar refractivity (Wildman–Crippen MR) is 91.7 cm³/mol. The van der Waals surface area contributed by atoms with Crippen molar-refractivity contribution in [2.24, 2.45) is 0 Å². The molecule has 82 valence electrons. The lowest BCUT2D eigenvalue weighted by molar-refractivity contribution is 1.87. The van der Waals surface area contributed by atoms with E-state index in [0.717, 1.165) is 32.3 Å². The second-order valence-corrected chi connectivity index (χ2v) is 5.18. The highest BCUT2D eigenvalue weighted by Gasteiger charge is 2.12. The van der Waals surface area contributed by atoms with Crippen LogP contribution in [0.15, 0.2) is 36.4 Å². The summed E-state index contributed by atoms with van der Waals surface area (Å²) in [7, 11) is 24.4. The number of benzene rings is 4. The number of hydrogen-bond acceptors (Lipinski definition) is 0. The van der Waals surface area contributed by atoms with Crippen LogP contribution in [0.2, 0.25) is 0 Å². The first kappa shape index (κ1) is 12.0. The largest absolute Gasteiger partial charge is 0.114 e. The Bertz CT molecular complexity index is 835. The molecule has 0 aliphatic rings. The molecule has 4 rings (SSSR count). The highest BCUT2D eigenvalue weighted by Crippen LogP contribution is 2.30. The summed E-state index contributed by atoms with van der Waals surface area (Å²) in [6, 6.07) is 11.6. The lowest BCUT2D eigenvalue weighted by Crippen LogP contribution is -2.19. The monoisotopic (exact) mass is 242 g/mol. The minimum absolute atomic E-state index is 0.672. The molecule has 0 nitrogen and oxygen atoms in total. The van der Waals surface area contributed by atoms with Gasteiger partial charge in [0.1, 0.15) is 31.4 Å². The van der Waals surface area contributed by atoms with Crippen molar-refractivity contribution in [1.29, 1.82) is 0 Å². The van der Waals surface area contributed by atoms with Gasteiger partial charge in [-0.2, -0.15) is 0 Å². The van der Waals surface area contributed by atoms with Crippen molar-refractivity contribution in [2.45, 2.75) is 0 Å². The number of hydrogen-bond donors (Lipinski definition) is 0. The van der Waals surface area contributed by atoms with E-state index < -0.39 is 0 Å². The van der Waals surface area contributed by atoms with Crippen LogP contribution >= 0.6 is 0 Å². The Hall–Kier alpha value is -1.82. The summed E-state index contributed by atoms with van der Waals surface area (Å²) in [6.07, 6.45) is 0. The van der Waals surface area contributed by atoms with E-state index in [2.05, 4.69) is 0 Å². The zero-order valence-electron chi connectivity index (χ0n) is 10.8. The summed E-state index contributed by atoms with van der Waals surface area (Å²) in [5.74, 6) is 0. The summed E-state index contributed by atoms with van der Waals surface area (Å²) in [4.78, 5) is 0. The van der Waals surface area contributed by atoms with Crippen LogP contribution < -0.4 is 21.9 Å². The van der Waals surface area contributed by atoms with Gasteiger partial charge < -0.3 is 0 Å². The second-order valence-electron chi connectivity index (χ2n) is 5.18. The van der Waals surface area contributed by atoms with Crippen LogP contribution in [0.4, 0.5) is 0 Å². The van der Waals surface area contributed by atoms with E-state index in [1.165, 1.54) is 0 Å². The van der Waals surface area contributed by atoms with Crippen LogP contribution in [0, 0.1) is 0 Å². The summed E-state index contributed by atoms with van der Waals surface area (Å²) >= 11 is 0. The molecular formula is C16H6B4. The molecule has 0 aromatic heterocycles. The molecule has 4 heteroatoms. The first-order valence-corrected chi connectivity index (χ1v) is 6.38. The maximum Gasteiger partial charge on any atom is 0.114 e. The molecule has 0 aliphatic heterocycles. The molecule has 0 heterocycles. The third kappa shape index (κ3) is 1.37. The molecule has 0 N–H and O–H groups in total. The molecule has 0 saturated heterocycles. The van der Waals surface area contributed by atoms with Crippen LogP contribution in [0.25, 0.3) is 32.3 Å². The van der Waals surface area contributed by atoms with Crippen LogP contribution in [-0.4, -0.2) is 31.4 Å². The highest BCUT2D eigenvalue weighted by atomic mass is 14.1. The van der Waals surface area contributed by atoms with Gasteiger partial charge in [0, 0.05) is 0 Å². The maximum atomic E-state index is 6.10. The van der Waals surface area contributed by atoms with Crippen molar-refractivity contribution >= 4 is 85.6 Å². The Balaban J connectivity index is 2.47. The summed E-state index contributed by atoms with van der Waals surface area (Å²) in [6.45, 7) is 0. The topological polar surface area (TPSA) is 0 Å². The van der Waals surface area contributed by atoms with E-state index in [4.69, 9.17) is 31.4 Å². The first-order chi connectivity index (χ1) is 9.58. The van der Waals surface area contributed by atoms with Gasteiger partial charge in [-0.15, -0.1) is 0 Å². The molecule has 4 aromatic carbocycles. The van der Waals surface area contributed by atoms with Gasteiger partial charge >= 0.3 is 0 Å². The van der Waals surface area contributed by atoms with Crippen molar-refractivity contribution in [1.82, 2.24) is 0 Å². The maximum absolute atomic E-state index is 6.10. The van der Waals surface area contributed by atoms with Gasteiger partial charge in [0.15, 0.2) is 0 Å². The van der Waals surface area contributed by atoms with E-state index >= 15 is 0 Å². The van der Waals surface area contributed by atoms with Crippen molar-refractivity contribution in [3.05, 3.63) is 36.4 Å². The van der Waals surface area contributed by atoms with E-state index in [1.54, 1.807) is 12.1 Å². The fraction of sp³-hybridized carbons (Fsp3) is 0. The standard InChI is InChI=1S/C16H6B4/c17-11-5-13(19)9-3-4-10-14(20)6-12(18)8-2-1-7(11)15(9)16(8)10/h1-6H. The van der Waals surface area contributed by atoms with Gasteiger partial charge in [-0.3, -0.25) is 0 Å². The Morgan fingerprint density at radius 2 is 0.700 bits per heavy atom. The Labute approximate surface area is 122 Å². The van der Waals surface area contributed by atoms with E-state index in [9.17, 15) is 0 Å². The molecule has 0 fully saturated rings. The Kier molecular flexibility index (Phi) is 2.30. The second kappa shape index (κ2) is 3.85. The van der Waals surface area contributed by atoms with Crippen LogP contribution in [0.3, 0.4) is 0 Å². The lowest BCUT2D eigenvalue weighted by Gasteiger charge is -2.17. The average molecular weight is 241 g/mol. The predicted octanol–water partition coefficient (Wildman–Crippen LogP) is -0.241. The Morgan fingerprint density at radius 3 is 0.950 bits per heavy atom. The zero-order chi connectivity index (χ0) is 14.0. The van der Waals surface area contributed by atoms with E-state index in [1.807, 2.05) is 24.3 Å². The van der Waals surface area contributed by atoms with Crippen LogP contribution in [-0.2, 0) is 0 Å². The molecule has 0 unspecified atom stereocenters. The minimum atomic E-state index is 0.672.